The topological polar surface area (TPSA) is 48.0 Å². The maximum absolute atomic E-state index is 11.8. The smallest absolute Gasteiger partial charge is 0.410 e. The minimum absolute atomic E-state index is 0.267. The number of hydrogen-bond donors (Lipinski definition) is 0. The molecule has 32 heavy (non-hydrogen) atoms. The van der Waals surface area contributed by atoms with Gasteiger partial charge in [0.15, 0.2) is 0 Å². The summed E-state index contributed by atoms with van der Waals surface area (Å²) in [6.07, 6.45) is 1.82. The van der Waals surface area contributed by atoms with Gasteiger partial charge in [-0.05, 0) is 41.3 Å². The summed E-state index contributed by atoms with van der Waals surface area (Å²) in [6.45, 7) is 4.32. The van der Waals surface area contributed by atoms with E-state index < -0.39 is 0 Å². The largest absolute Gasteiger partial charge is 0.489 e. The second-order valence-electron chi connectivity index (χ2n) is 7.64. The number of benzene rings is 3. The van der Waals surface area contributed by atoms with Crippen LogP contribution in [0.2, 0.25) is 0 Å². The summed E-state index contributed by atoms with van der Waals surface area (Å²) in [5.74, 6) is 1.49. The molecular weight excluding hydrogens is 402 g/mol. The summed E-state index contributed by atoms with van der Waals surface area (Å²) in [6, 6.07) is 26.0. The third-order valence-corrected chi connectivity index (χ3v) is 5.08. The zero-order chi connectivity index (χ0) is 22.2. The Hall–Kier alpha value is -3.73. The molecule has 0 spiro atoms. The van der Waals surface area contributed by atoms with Crippen molar-refractivity contribution in [2.75, 3.05) is 19.7 Å². The van der Waals surface area contributed by atoms with Gasteiger partial charge < -0.3 is 19.1 Å². The lowest BCUT2D eigenvalue weighted by molar-refractivity contribution is 0.101. The van der Waals surface area contributed by atoms with Crippen LogP contribution in [0.4, 0.5) is 4.79 Å². The maximum Gasteiger partial charge on any atom is 0.410 e. The fourth-order valence-corrected chi connectivity index (χ4v) is 3.44. The summed E-state index contributed by atoms with van der Waals surface area (Å²) in [5.41, 5.74) is 4.35. The molecule has 1 amide bonds. The van der Waals surface area contributed by atoms with E-state index in [9.17, 15) is 4.79 Å². The molecule has 0 unspecified atom stereocenters. The van der Waals surface area contributed by atoms with Crippen LogP contribution in [0, 0.1) is 0 Å². The van der Waals surface area contributed by atoms with E-state index in [-0.39, 0.29) is 6.09 Å². The average Bonchev–Trinajstić information content (AvgIpc) is 2.80. The van der Waals surface area contributed by atoms with Crippen LogP contribution in [-0.2, 0) is 18.0 Å². The molecule has 1 aliphatic heterocycles. The molecule has 0 saturated carbocycles. The highest BCUT2D eigenvalue weighted by molar-refractivity contribution is 5.72. The number of nitrogens with zero attached hydrogens (tertiary/aromatic N) is 1. The highest BCUT2D eigenvalue weighted by atomic mass is 16.6. The van der Waals surface area contributed by atoms with E-state index in [4.69, 9.17) is 14.2 Å². The zero-order valence-electron chi connectivity index (χ0n) is 18.2. The molecule has 0 aliphatic carbocycles. The van der Waals surface area contributed by atoms with Crippen LogP contribution in [0.15, 0.2) is 84.4 Å². The van der Waals surface area contributed by atoms with E-state index in [0.29, 0.717) is 32.9 Å². The van der Waals surface area contributed by atoms with Crippen LogP contribution in [-0.4, -0.2) is 30.7 Å². The van der Waals surface area contributed by atoms with Crippen LogP contribution >= 0.6 is 0 Å². The highest BCUT2D eigenvalue weighted by Crippen LogP contribution is 2.28. The molecule has 0 bridgehead atoms. The van der Waals surface area contributed by atoms with Gasteiger partial charge in [-0.25, -0.2) is 4.79 Å². The summed E-state index contributed by atoms with van der Waals surface area (Å²) < 4.78 is 17.2. The first-order valence-electron chi connectivity index (χ1n) is 10.8. The molecule has 5 heteroatoms. The minimum Gasteiger partial charge on any atom is -0.489 e. The van der Waals surface area contributed by atoms with E-state index in [1.54, 1.807) is 4.90 Å². The Labute approximate surface area is 188 Å². The number of likely N-dealkylation sites (tertiary alicyclic amines) is 1. The summed E-state index contributed by atoms with van der Waals surface area (Å²) in [4.78, 5) is 13.5. The quantitative estimate of drug-likeness (QED) is 0.461. The van der Waals surface area contributed by atoms with Crippen molar-refractivity contribution in [1.82, 2.24) is 4.90 Å². The van der Waals surface area contributed by atoms with Gasteiger partial charge in [-0.1, -0.05) is 66.7 Å². The number of rotatable bonds is 8. The molecular formula is C27H27NO4. The monoisotopic (exact) mass is 429 g/mol. The van der Waals surface area contributed by atoms with Gasteiger partial charge in [-0.3, -0.25) is 0 Å². The Morgan fingerprint density at radius 1 is 0.844 bits per heavy atom. The van der Waals surface area contributed by atoms with Gasteiger partial charge in [0, 0.05) is 19.2 Å². The molecule has 5 nitrogen and oxygen atoms in total. The first-order valence-corrected chi connectivity index (χ1v) is 10.8. The normalized spacial score (nSPS) is 12.7. The van der Waals surface area contributed by atoms with Crippen molar-refractivity contribution < 1.29 is 19.0 Å². The van der Waals surface area contributed by atoms with Crippen molar-refractivity contribution in [2.24, 2.45) is 0 Å². The van der Waals surface area contributed by atoms with E-state index in [1.807, 2.05) is 85.8 Å². The van der Waals surface area contributed by atoms with Crippen LogP contribution in [0.1, 0.15) is 23.6 Å². The van der Waals surface area contributed by atoms with Gasteiger partial charge in [-0.2, -0.15) is 0 Å². The van der Waals surface area contributed by atoms with Gasteiger partial charge in [0.1, 0.15) is 24.7 Å². The Balaban J connectivity index is 1.48. The van der Waals surface area contributed by atoms with Crippen LogP contribution in [0.25, 0.3) is 6.08 Å². The van der Waals surface area contributed by atoms with Gasteiger partial charge in [0.25, 0.3) is 0 Å². The first kappa shape index (κ1) is 21.5. The number of hydrogen-bond acceptors (Lipinski definition) is 4. The van der Waals surface area contributed by atoms with Gasteiger partial charge in [0.05, 0.1) is 6.61 Å². The number of carbonyl (C=O) groups is 1. The van der Waals surface area contributed by atoms with Crippen molar-refractivity contribution in [3.8, 4) is 11.5 Å². The van der Waals surface area contributed by atoms with E-state index in [2.05, 4.69) is 6.08 Å². The molecule has 164 valence electrons. The Kier molecular flexibility index (Phi) is 7.08. The fraction of sp³-hybridized carbons (Fsp3) is 0.222. The summed E-state index contributed by atoms with van der Waals surface area (Å²) in [7, 11) is 0. The van der Waals surface area contributed by atoms with Crippen LogP contribution < -0.4 is 9.47 Å². The van der Waals surface area contributed by atoms with E-state index in [0.717, 1.165) is 33.8 Å². The molecule has 1 saturated heterocycles. The van der Waals surface area contributed by atoms with Gasteiger partial charge in [-0.15, -0.1) is 0 Å². The fourth-order valence-electron chi connectivity index (χ4n) is 3.44. The van der Waals surface area contributed by atoms with Crippen LogP contribution in [0.3, 0.4) is 0 Å². The van der Waals surface area contributed by atoms with E-state index in [1.165, 1.54) is 0 Å². The number of amides is 1. The standard InChI is InChI=1S/C27H27NO4/c1-2-30-27(29)28-17-24(18-28)13-23-14-25(31-19-21-9-5-3-6-10-21)16-26(15-23)32-20-22-11-7-4-8-12-22/h3-16H,2,17-20H2,1H3. The molecule has 3 aromatic rings. The minimum atomic E-state index is -0.267. The SMILES string of the molecule is CCOC(=O)N1CC(=Cc2cc(OCc3ccccc3)cc(OCc3ccccc3)c2)C1. The van der Waals surface area contributed by atoms with Gasteiger partial charge >= 0.3 is 6.09 Å². The van der Waals surface area contributed by atoms with Gasteiger partial charge in [0.2, 0.25) is 0 Å². The molecule has 1 heterocycles. The molecule has 4 rings (SSSR count). The molecule has 3 aromatic carbocycles. The molecule has 1 fully saturated rings. The predicted octanol–water partition coefficient (Wildman–Crippen LogP) is 5.70. The third kappa shape index (κ3) is 5.91. The van der Waals surface area contributed by atoms with Crippen molar-refractivity contribution >= 4 is 12.2 Å². The molecule has 0 aromatic heterocycles. The lowest BCUT2D eigenvalue weighted by atomic mass is 10.0. The van der Waals surface area contributed by atoms with Crippen molar-refractivity contribution in [2.45, 2.75) is 20.1 Å². The molecule has 0 radical (unpaired) electrons. The maximum atomic E-state index is 11.8. The summed E-state index contributed by atoms with van der Waals surface area (Å²) >= 11 is 0. The molecule has 0 N–H and O–H groups in total. The Morgan fingerprint density at radius 3 is 1.88 bits per heavy atom. The average molecular weight is 430 g/mol. The highest BCUT2D eigenvalue weighted by Gasteiger charge is 2.26. The van der Waals surface area contributed by atoms with Crippen molar-refractivity contribution in [1.29, 1.82) is 0 Å². The van der Waals surface area contributed by atoms with E-state index >= 15 is 0 Å². The lowest BCUT2D eigenvalue weighted by Gasteiger charge is -2.33. The molecule has 0 atom stereocenters. The van der Waals surface area contributed by atoms with Crippen molar-refractivity contribution in [3.05, 3.63) is 101 Å². The third-order valence-electron chi connectivity index (χ3n) is 5.08. The molecule has 1 aliphatic rings. The number of carbonyl (C=O) groups excluding carboxylic acids is 1. The predicted molar refractivity (Wildman–Crippen MR) is 125 cm³/mol. The second kappa shape index (κ2) is 10.5. The second-order valence-corrected chi connectivity index (χ2v) is 7.64. The first-order chi connectivity index (χ1) is 15.7. The van der Waals surface area contributed by atoms with Crippen LogP contribution in [0.5, 0.6) is 11.5 Å². The zero-order valence-corrected chi connectivity index (χ0v) is 18.2. The summed E-state index contributed by atoms with van der Waals surface area (Å²) in [5, 5.41) is 0. The Morgan fingerprint density at radius 2 is 1.38 bits per heavy atom. The van der Waals surface area contributed by atoms with Crippen molar-refractivity contribution in [3.63, 3.8) is 0 Å². The Bertz CT molecular complexity index is 994. The lowest BCUT2D eigenvalue weighted by Crippen LogP contribution is -2.44. The number of ether oxygens (including phenoxy) is 3.